The van der Waals surface area contributed by atoms with Crippen molar-refractivity contribution in [3.8, 4) is 17.1 Å². The lowest BCUT2D eigenvalue weighted by atomic mass is 9.86. The highest BCUT2D eigenvalue weighted by molar-refractivity contribution is 7.99. The molecule has 3 aromatic rings. The predicted molar refractivity (Wildman–Crippen MR) is 113 cm³/mol. The molecule has 1 heterocycles. The SMILES string of the molecule is COc1ccccc1-c1nnc(SCC(=O)c2ccc(C(C)(C)C)cc2)n1C. The number of Topliss-reactive ketones (excluding diaryl/α,β-unsaturated/α-hetero) is 1. The molecule has 0 radical (unpaired) electrons. The molecule has 6 heteroatoms. The van der Waals surface area contributed by atoms with Crippen LogP contribution in [0.1, 0.15) is 36.7 Å². The molecule has 0 spiro atoms. The first-order chi connectivity index (χ1) is 13.3. The van der Waals surface area contributed by atoms with Gasteiger partial charge >= 0.3 is 0 Å². The second-order valence-corrected chi connectivity index (χ2v) is 8.55. The van der Waals surface area contributed by atoms with E-state index in [4.69, 9.17) is 4.74 Å². The maximum absolute atomic E-state index is 12.6. The van der Waals surface area contributed by atoms with Gasteiger partial charge < -0.3 is 9.30 Å². The molecule has 0 bridgehead atoms. The number of para-hydroxylation sites is 1. The fourth-order valence-corrected chi connectivity index (χ4v) is 3.68. The summed E-state index contributed by atoms with van der Waals surface area (Å²) in [6, 6.07) is 15.5. The van der Waals surface area contributed by atoms with Gasteiger partial charge in [-0.15, -0.1) is 10.2 Å². The Morgan fingerprint density at radius 3 is 2.39 bits per heavy atom. The van der Waals surface area contributed by atoms with Gasteiger partial charge in [-0.3, -0.25) is 4.79 Å². The number of ether oxygens (including phenoxy) is 1. The van der Waals surface area contributed by atoms with Crippen LogP contribution in [0.4, 0.5) is 0 Å². The van der Waals surface area contributed by atoms with Gasteiger partial charge in [0.15, 0.2) is 16.8 Å². The van der Waals surface area contributed by atoms with Crippen molar-refractivity contribution in [2.24, 2.45) is 7.05 Å². The largest absolute Gasteiger partial charge is 0.496 e. The van der Waals surface area contributed by atoms with E-state index < -0.39 is 0 Å². The van der Waals surface area contributed by atoms with Crippen LogP contribution in [0.2, 0.25) is 0 Å². The fourth-order valence-electron chi connectivity index (χ4n) is 2.87. The molecule has 0 fully saturated rings. The molecule has 0 aliphatic heterocycles. The molecule has 146 valence electrons. The third-order valence-electron chi connectivity index (χ3n) is 4.59. The summed E-state index contributed by atoms with van der Waals surface area (Å²) in [5.74, 6) is 1.84. The second kappa shape index (κ2) is 8.19. The first-order valence-electron chi connectivity index (χ1n) is 9.10. The first-order valence-corrected chi connectivity index (χ1v) is 10.1. The summed E-state index contributed by atoms with van der Waals surface area (Å²) in [6.07, 6.45) is 0. The number of hydrogen-bond donors (Lipinski definition) is 0. The van der Waals surface area contributed by atoms with Gasteiger partial charge in [-0.25, -0.2) is 0 Å². The van der Waals surface area contributed by atoms with Crippen LogP contribution in [-0.2, 0) is 12.5 Å². The maximum Gasteiger partial charge on any atom is 0.191 e. The van der Waals surface area contributed by atoms with Crippen molar-refractivity contribution in [3.05, 3.63) is 59.7 Å². The van der Waals surface area contributed by atoms with Crippen LogP contribution in [0.3, 0.4) is 0 Å². The third kappa shape index (κ3) is 4.28. The monoisotopic (exact) mass is 395 g/mol. The van der Waals surface area contributed by atoms with Gasteiger partial charge in [-0.05, 0) is 23.1 Å². The van der Waals surface area contributed by atoms with Crippen molar-refractivity contribution in [2.75, 3.05) is 12.9 Å². The number of thioether (sulfide) groups is 1. The Labute approximate surface area is 170 Å². The number of ketones is 1. The zero-order valence-corrected chi connectivity index (χ0v) is 17.7. The molecule has 2 aromatic carbocycles. The smallest absolute Gasteiger partial charge is 0.191 e. The third-order valence-corrected chi connectivity index (χ3v) is 5.61. The highest BCUT2D eigenvalue weighted by Crippen LogP contribution is 2.30. The van der Waals surface area contributed by atoms with Crippen LogP contribution in [0.5, 0.6) is 5.75 Å². The number of carbonyl (C=O) groups is 1. The average molecular weight is 396 g/mol. The summed E-state index contributed by atoms with van der Waals surface area (Å²) in [7, 11) is 3.53. The number of carbonyl (C=O) groups excluding carboxylic acids is 1. The van der Waals surface area contributed by atoms with Crippen molar-refractivity contribution >= 4 is 17.5 Å². The molecular formula is C22H25N3O2S. The molecule has 0 saturated heterocycles. The summed E-state index contributed by atoms with van der Waals surface area (Å²) < 4.78 is 7.30. The summed E-state index contributed by atoms with van der Waals surface area (Å²) in [5.41, 5.74) is 2.87. The Morgan fingerprint density at radius 1 is 1.07 bits per heavy atom. The summed E-state index contributed by atoms with van der Waals surface area (Å²) in [5, 5.41) is 9.23. The Morgan fingerprint density at radius 2 is 1.75 bits per heavy atom. The Balaban J connectivity index is 1.72. The number of hydrogen-bond acceptors (Lipinski definition) is 5. The number of benzene rings is 2. The maximum atomic E-state index is 12.6. The van der Waals surface area contributed by atoms with Gasteiger partial charge in [0, 0.05) is 12.6 Å². The molecular weight excluding hydrogens is 370 g/mol. The van der Waals surface area contributed by atoms with E-state index in [9.17, 15) is 4.79 Å². The highest BCUT2D eigenvalue weighted by atomic mass is 32.2. The number of nitrogens with zero attached hydrogens (tertiary/aromatic N) is 3. The minimum atomic E-state index is 0.0733. The highest BCUT2D eigenvalue weighted by Gasteiger charge is 2.17. The van der Waals surface area contributed by atoms with Gasteiger partial charge in [0.2, 0.25) is 0 Å². The quantitative estimate of drug-likeness (QED) is 0.445. The number of aromatic nitrogens is 3. The molecule has 3 rings (SSSR count). The Hall–Kier alpha value is -2.60. The molecule has 0 amide bonds. The second-order valence-electron chi connectivity index (χ2n) is 7.60. The topological polar surface area (TPSA) is 57.0 Å². The minimum Gasteiger partial charge on any atom is -0.496 e. The van der Waals surface area contributed by atoms with E-state index in [-0.39, 0.29) is 11.2 Å². The molecule has 0 N–H and O–H groups in total. The molecule has 5 nitrogen and oxygen atoms in total. The summed E-state index contributed by atoms with van der Waals surface area (Å²) >= 11 is 1.39. The van der Waals surface area contributed by atoms with Crippen LogP contribution < -0.4 is 4.74 Å². The van der Waals surface area contributed by atoms with Gasteiger partial charge in [0.05, 0.1) is 18.4 Å². The zero-order valence-electron chi connectivity index (χ0n) is 16.9. The van der Waals surface area contributed by atoms with Crippen LogP contribution in [0, 0.1) is 0 Å². The molecule has 0 atom stereocenters. The normalized spacial score (nSPS) is 11.5. The molecule has 1 aromatic heterocycles. The average Bonchev–Trinajstić information content (AvgIpc) is 3.05. The van der Waals surface area contributed by atoms with E-state index in [0.717, 1.165) is 11.3 Å². The van der Waals surface area contributed by atoms with E-state index in [1.165, 1.54) is 17.3 Å². The van der Waals surface area contributed by atoms with Crippen LogP contribution in [0.25, 0.3) is 11.4 Å². The van der Waals surface area contributed by atoms with Crippen molar-refractivity contribution in [3.63, 3.8) is 0 Å². The summed E-state index contributed by atoms with van der Waals surface area (Å²) in [4.78, 5) is 12.6. The van der Waals surface area contributed by atoms with E-state index in [1.807, 2.05) is 60.1 Å². The molecule has 28 heavy (non-hydrogen) atoms. The van der Waals surface area contributed by atoms with E-state index in [1.54, 1.807) is 7.11 Å². The van der Waals surface area contributed by atoms with Gasteiger partial charge in [-0.2, -0.15) is 0 Å². The lowest BCUT2D eigenvalue weighted by Crippen LogP contribution is -2.11. The van der Waals surface area contributed by atoms with Crippen LogP contribution in [-0.4, -0.2) is 33.4 Å². The van der Waals surface area contributed by atoms with Crippen LogP contribution >= 0.6 is 11.8 Å². The van der Waals surface area contributed by atoms with Gasteiger partial charge in [0.25, 0.3) is 0 Å². The molecule has 0 saturated carbocycles. The van der Waals surface area contributed by atoms with Gasteiger partial charge in [-0.1, -0.05) is 68.9 Å². The lowest BCUT2D eigenvalue weighted by molar-refractivity contribution is 0.102. The minimum absolute atomic E-state index is 0.0733. The number of methoxy groups -OCH3 is 1. The predicted octanol–water partition coefficient (Wildman–Crippen LogP) is 4.76. The van der Waals surface area contributed by atoms with Crippen molar-refractivity contribution in [2.45, 2.75) is 31.3 Å². The number of rotatable bonds is 6. The van der Waals surface area contributed by atoms with E-state index in [0.29, 0.717) is 22.3 Å². The summed E-state index contributed by atoms with van der Waals surface area (Å²) in [6.45, 7) is 6.48. The van der Waals surface area contributed by atoms with Gasteiger partial charge in [0.1, 0.15) is 5.75 Å². The first kappa shape index (κ1) is 20.1. The molecule has 0 aliphatic carbocycles. The lowest BCUT2D eigenvalue weighted by Gasteiger charge is -2.18. The Bertz CT molecular complexity index is 972. The standard InChI is InChI=1S/C22H25N3O2S/c1-22(2,3)16-12-10-15(11-13-16)18(26)14-28-21-24-23-20(25(21)4)17-8-6-7-9-19(17)27-5/h6-13H,14H2,1-5H3. The van der Waals surface area contributed by atoms with E-state index >= 15 is 0 Å². The van der Waals surface area contributed by atoms with Crippen LogP contribution in [0.15, 0.2) is 53.7 Å². The van der Waals surface area contributed by atoms with Crippen molar-refractivity contribution in [1.29, 1.82) is 0 Å². The molecule has 0 unspecified atom stereocenters. The van der Waals surface area contributed by atoms with Crippen molar-refractivity contribution in [1.82, 2.24) is 14.8 Å². The van der Waals surface area contributed by atoms with Crippen molar-refractivity contribution < 1.29 is 9.53 Å². The Kier molecular flexibility index (Phi) is 5.89. The molecule has 0 aliphatic rings. The fraction of sp³-hybridized carbons (Fsp3) is 0.318. The zero-order chi connectivity index (χ0) is 20.3. The van der Waals surface area contributed by atoms with E-state index in [2.05, 4.69) is 31.0 Å².